The lowest BCUT2D eigenvalue weighted by molar-refractivity contribution is 0.0433. The zero-order valence-electron chi connectivity index (χ0n) is 10.4. The number of hydrogen-bond donors (Lipinski definition) is 1. The van der Waals surface area contributed by atoms with E-state index in [-0.39, 0.29) is 19.1 Å². The normalized spacial score (nSPS) is 10.4. The molecule has 0 saturated heterocycles. The fourth-order valence-corrected chi connectivity index (χ4v) is 1.53. The molecule has 0 heterocycles. The van der Waals surface area contributed by atoms with E-state index in [1.165, 1.54) is 0 Å². The van der Waals surface area contributed by atoms with Gasteiger partial charge >= 0.3 is 5.97 Å². The Morgan fingerprint density at radius 3 is 2.65 bits per heavy atom. The highest BCUT2D eigenvalue weighted by Crippen LogP contribution is 2.27. The molecule has 1 N–H and O–H groups in total. The number of esters is 1. The molecule has 0 aromatic heterocycles. The van der Waals surface area contributed by atoms with E-state index in [0.717, 1.165) is 11.3 Å². The van der Waals surface area contributed by atoms with Gasteiger partial charge in [-0.05, 0) is 29.7 Å². The lowest BCUT2D eigenvalue weighted by Gasteiger charge is -2.13. The summed E-state index contributed by atoms with van der Waals surface area (Å²) in [5.74, 6) is 0.595. The molecule has 4 nitrogen and oxygen atoms in total. The second kappa shape index (κ2) is 6.25. The highest BCUT2D eigenvalue weighted by atomic mass is 16.5. The van der Waals surface area contributed by atoms with E-state index in [9.17, 15) is 4.79 Å². The van der Waals surface area contributed by atoms with Crippen LogP contribution in [0, 0.1) is 0 Å². The van der Waals surface area contributed by atoms with Gasteiger partial charge in [0.25, 0.3) is 0 Å². The summed E-state index contributed by atoms with van der Waals surface area (Å²) in [4.78, 5) is 11.6. The molecule has 0 fully saturated rings. The van der Waals surface area contributed by atoms with Crippen LogP contribution in [0.1, 0.15) is 35.7 Å². The van der Waals surface area contributed by atoms with Crippen molar-refractivity contribution in [1.29, 1.82) is 0 Å². The van der Waals surface area contributed by atoms with Crippen molar-refractivity contribution in [2.45, 2.75) is 19.8 Å². The van der Waals surface area contributed by atoms with Gasteiger partial charge in [0.15, 0.2) is 0 Å². The third kappa shape index (κ3) is 3.46. The van der Waals surface area contributed by atoms with E-state index < -0.39 is 5.97 Å². The molecule has 94 valence electrons. The monoisotopic (exact) mass is 238 g/mol. The number of aliphatic hydroxyl groups excluding tert-OH is 1. The highest BCUT2D eigenvalue weighted by Gasteiger charge is 2.13. The smallest absolute Gasteiger partial charge is 0.338 e. The first kappa shape index (κ1) is 13.5. The van der Waals surface area contributed by atoms with E-state index in [1.807, 2.05) is 13.8 Å². The van der Waals surface area contributed by atoms with Crippen molar-refractivity contribution in [3.05, 3.63) is 29.3 Å². The lowest BCUT2D eigenvalue weighted by atomic mass is 9.99. The van der Waals surface area contributed by atoms with Gasteiger partial charge in [0, 0.05) is 0 Å². The number of hydrogen-bond acceptors (Lipinski definition) is 4. The Labute approximate surface area is 101 Å². The summed E-state index contributed by atoms with van der Waals surface area (Å²) in [7, 11) is 1.60. The van der Waals surface area contributed by atoms with Crippen molar-refractivity contribution in [1.82, 2.24) is 0 Å². The Balaban J connectivity index is 2.95. The first-order valence-corrected chi connectivity index (χ1v) is 5.56. The molecule has 1 aromatic rings. The van der Waals surface area contributed by atoms with E-state index in [2.05, 4.69) is 0 Å². The van der Waals surface area contributed by atoms with Crippen molar-refractivity contribution >= 4 is 5.97 Å². The van der Waals surface area contributed by atoms with Crippen molar-refractivity contribution in [2.24, 2.45) is 0 Å². The van der Waals surface area contributed by atoms with Crippen LogP contribution in [0.5, 0.6) is 5.75 Å². The molecule has 4 heteroatoms. The minimum Gasteiger partial charge on any atom is -0.496 e. The number of methoxy groups -OCH3 is 1. The fourth-order valence-electron chi connectivity index (χ4n) is 1.53. The van der Waals surface area contributed by atoms with Gasteiger partial charge in [-0.25, -0.2) is 4.79 Å². The number of benzene rings is 1. The lowest BCUT2D eigenvalue weighted by Crippen LogP contribution is -2.09. The average molecular weight is 238 g/mol. The van der Waals surface area contributed by atoms with Crippen LogP contribution in [0.3, 0.4) is 0 Å². The molecule has 0 unspecified atom stereocenters. The molecule has 17 heavy (non-hydrogen) atoms. The summed E-state index contributed by atoms with van der Waals surface area (Å²) in [6, 6.07) is 5.18. The Morgan fingerprint density at radius 2 is 2.12 bits per heavy atom. The first-order chi connectivity index (χ1) is 8.10. The zero-order valence-corrected chi connectivity index (χ0v) is 10.4. The van der Waals surface area contributed by atoms with E-state index in [1.54, 1.807) is 25.3 Å². The molecule has 0 saturated carbocycles. The predicted octanol–water partition coefficient (Wildman–Crippen LogP) is 1.97. The Morgan fingerprint density at radius 1 is 1.41 bits per heavy atom. The van der Waals surface area contributed by atoms with Crippen LogP contribution in [0.15, 0.2) is 18.2 Å². The molecule has 0 atom stereocenters. The standard InChI is InChI=1S/C13H18O4/c1-9(2)11-8-10(4-5-12(11)16-3)13(15)17-7-6-14/h4-5,8-9,14H,6-7H2,1-3H3. The van der Waals surface area contributed by atoms with Gasteiger partial charge in [-0.3, -0.25) is 0 Å². The van der Waals surface area contributed by atoms with Gasteiger partial charge in [0.1, 0.15) is 12.4 Å². The largest absolute Gasteiger partial charge is 0.496 e. The molecule has 0 radical (unpaired) electrons. The van der Waals surface area contributed by atoms with Gasteiger partial charge in [0.2, 0.25) is 0 Å². The van der Waals surface area contributed by atoms with Crippen molar-refractivity contribution in [2.75, 3.05) is 20.3 Å². The fraction of sp³-hybridized carbons (Fsp3) is 0.462. The first-order valence-electron chi connectivity index (χ1n) is 5.56. The van der Waals surface area contributed by atoms with Crippen LogP contribution in [0.25, 0.3) is 0 Å². The molecular formula is C13H18O4. The maximum atomic E-state index is 11.6. The van der Waals surface area contributed by atoms with E-state index in [0.29, 0.717) is 5.56 Å². The molecule has 0 aliphatic heterocycles. The maximum Gasteiger partial charge on any atom is 0.338 e. The highest BCUT2D eigenvalue weighted by molar-refractivity contribution is 5.89. The average Bonchev–Trinajstić information content (AvgIpc) is 2.34. The summed E-state index contributed by atoms with van der Waals surface area (Å²) in [6.07, 6.45) is 0. The minimum atomic E-state index is -0.427. The zero-order chi connectivity index (χ0) is 12.8. The Kier molecular flexibility index (Phi) is 4.97. The quantitative estimate of drug-likeness (QED) is 0.797. The van der Waals surface area contributed by atoms with E-state index in [4.69, 9.17) is 14.6 Å². The number of ether oxygens (including phenoxy) is 2. The Bertz CT molecular complexity index is 385. The molecule has 1 aromatic carbocycles. The van der Waals surface area contributed by atoms with Crippen LogP contribution in [0.4, 0.5) is 0 Å². The number of carbonyl (C=O) groups excluding carboxylic acids is 1. The number of carbonyl (C=O) groups is 1. The van der Waals surface area contributed by atoms with Crippen molar-refractivity contribution in [3.63, 3.8) is 0 Å². The third-order valence-electron chi connectivity index (χ3n) is 2.41. The van der Waals surface area contributed by atoms with Gasteiger partial charge in [-0.1, -0.05) is 13.8 Å². The summed E-state index contributed by atoms with van der Waals surface area (Å²) < 4.78 is 10.1. The second-order valence-corrected chi connectivity index (χ2v) is 3.97. The van der Waals surface area contributed by atoms with Gasteiger partial charge in [0.05, 0.1) is 19.3 Å². The predicted molar refractivity (Wildman–Crippen MR) is 64.5 cm³/mol. The van der Waals surface area contributed by atoms with Gasteiger partial charge < -0.3 is 14.6 Å². The molecule has 0 aliphatic carbocycles. The molecule has 1 rings (SSSR count). The summed E-state index contributed by atoms with van der Waals surface area (Å²) in [5.41, 5.74) is 1.44. The van der Waals surface area contributed by atoms with Crippen LogP contribution in [0.2, 0.25) is 0 Å². The maximum absolute atomic E-state index is 11.6. The molecule has 0 aliphatic rings. The Hall–Kier alpha value is -1.55. The second-order valence-electron chi connectivity index (χ2n) is 3.97. The molecular weight excluding hydrogens is 220 g/mol. The number of aliphatic hydroxyl groups is 1. The molecule has 0 bridgehead atoms. The van der Waals surface area contributed by atoms with Gasteiger partial charge in [-0.2, -0.15) is 0 Å². The summed E-state index contributed by atoms with van der Waals surface area (Å²) >= 11 is 0. The third-order valence-corrected chi connectivity index (χ3v) is 2.41. The van der Waals surface area contributed by atoms with E-state index >= 15 is 0 Å². The van der Waals surface area contributed by atoms with Crippen molar-refractivity contribution in [3.8, 4) is 5.75 Å². The summed E-state index contributed by atoms with van der Waals surface area (Å²) in [6.45, 7) is 3.90. The SMILES string of the molecule is COc1ccc(C(=O)OCCO)cc1C(C)C. The molecule has 0 amide bonds. The van der Waals surface area contributed by atoms with Gasteiger partial charge in [-0.15, -0.1) is 0 Å². The van der Waals surface area contributed by atoms with Crippen molar-refractivity contribution < 1.29 is 19.4 Å². The topological polar surface area (TPSA) is 55.8 Å². The molecule has 0 spiro atoms. The minimum absolute atomic E-state index is 0.0157. The van der Waals surface area contributed by atoms with Crippen LogP contribution in [-0.4, -0.2) is 31.4 Å². The van der Waals surface area contributed by atoms with Crippen LogP contribution < -0.4 is 4.74 Å². The number of rotatable bonds is 5. The van der Waals surface area contributed by atoms with Crippen LogP contribution >= 0.6 is 0 Å². The summed E-state index contributed by atoms with van der Waals surface area (Å²) in [5, 5.41) is 8.59. The van der Waals surface area contributed by atoms with Crippen LogP contribution in [-0.2, 0) is 4.74 Å².